The van der Waals surface area contributed by atoms with E-state index in [1.54, 1.807) is 0 Å². The van der Waals surface area contributed by atoms with Crippen molar-refractivity contribution in [2.24, 2.45) is 11.8 Å². The predicted molar refractivity (Wildman–Crippen MR) is 58.1 cm³/mol. The molecule has 0 spiro atoms. The second-order valence-corrected chi connectivity index (χ2v) is 4.65. The van der Waals surface area contributed by atoms with Gasteiger partial charge in [-0.2, -0.15) is 0 Å². The van der Waals surface area contributed by atoms with E-state index in [1.165, 1.54) is 12.8 Å². The van der Waals surface area contributed by atoms with E-state index < -0.39 is 0 Å². The van der Waals surface area contributed by atoms with Crippen LogP contribution < -0.4 is 0 Å². The van der Waals surface area contributed by atoms with Crippen molar-refractivity contribution in [3.63, 3.8) is 0 Å². The van der Waals surface area contributed by atoms with E-state index in [0.717, 1.165) is 32.1 Å². The van der Waals surface area contributed by atoms with Crippen molar-refractivity contribution in [3.8, 4) is 0 Å². The van der Waals surface area contributed by atoms with Crippen molar-refractivity contribution in [2.75, 3.05) is 6.61 Å². The Morgan fingerprint density at radius 3 is 2.36 bits per heavy atom. The van der Waals surface area contributed by atoms with E-state index in [-0.39, 0.29) is 6.10 Å². The van der Waals surface area contributed by atoms with E-state index >= 15 is 0 Å². The molecule has 1 saturated carbocycles. The number of aliphatic hydroxyl groups is 2. The molecule has 0 amide bonds. The molecular weight excluding hydrogens is 176 g/mol. The fourth-order valence-electron chi connectivity index (χ4n) is 2.58. The van der Waals surface area contributed by atoms with Crippen LogP contribution >= 0.6 is 0 Å². The number of hydrogen-bond acceptors (Lipinski definition) is 2. The highest BCUT2D eigenvalue weighted by molar-refractivity contribution is 4.77. The minimum absolute atomic E-state index is 0.0740. The van der Waals surface area contributed by atoms with Crippen LogP contribution in [0.2, 0.25) is 0 Å². The van der Waals surface area contributed by atoms with E-state index in [2.05, 4.69) is 6.92 Å². The van der Waals surface area contributed by atoms with Crippen LogP contribution in [0.25, 0.3) is 0 Å². The smallest absolute Gasteiger partial charge is 0.0568 e. The van der Waals surface area contributed by atoms with Crippen molar-refractivity contribution in [1.29, 1.82) is 0 Å². The van der Waals surface area contributed by atoms with Gasteiger partial charge >= 0.3 is 0 Å². The van der Waals surface area contributed by atoms with Gasteiger partial charge in [0.2, 0.25) is 0 Å². The van der Waals surface area contributed by atoms with Gasteiger partial charge in [-0.3, -0.25) is 0 Å². The highest BCUT2D eigenvalue weighted by Crippen LogP contribution is 2.33. The van der Waals surface area contributed by atoms with Gasteiger partial charge in [0, 0.05) is 6.61 Å². The van der Waals surface area contributed by atoms with Crippen LogP contribution in [0, 0.1) is 11.8 Å². The fraction of sp³-hybridized carbons (Fsp3) is 1.00. The van der Waals surface area contributed by atoms with Gasteiger partial charge in [-0.05, 0) is 37.5 Å². The van der Waals surface area contributed by atoms with Crippen LogP contribution in [-0.4, -0.2) is 22.9 Å². The van der Waals surface area contributed by atoms with E-state index in [9.17, 15) is 5.11 Å². The largest absolute Gasteiger partial charge is 0.396 e. The molecule has 14 heavy (non-hydrogen) atoms. The summed E-state index contributed by atoms with van der Waals surface area (Å²) in [6.45, 7) is 2.45. The zero-order valence-electron chi connectivity index (χ0n) is 9.28. The van der Waals surface area contributed by atoms with Crippen molar-refractivity contribution >= 4 is 0 Å². The Morgan fingerprint density at radius 1 is 1.21 bits per heavy atom. The van der Waals surface area contributed by atoms with Gasteiger partial charge in [-0.15, -0.1) is 0 Å². The normalized spacial score (nSPS) is 30.2. The summed E-state index contributed by atoms with van der Waals surface area (Å²) < 4.78 is 0. The Bertz CT molecular complexity index is 139. The van der Waals surface area contributed by atoms with Gasteiger partial charge in [0.1, 0.15) is 0 Å². The lowest BCUT2D eigenvalue weighted by atomic mass is 9.77. The lowest BCUT2D eigenvalue weighted by Gasteiger charge is -2.31. The Morgan fingerprint density at radius 2 is 1.86 bits per heavy atom. The first-order chi connectivity index (χ1) is 6.77. The highest BCUT2D eigenvalue weighted by atomic mass is 16.3. The number of hydrogen-bond donors (Lipinski definition) is 2. The molecule has 1 aliphatic carbocycles. The monoisotopic (exact) mass is 200 g/mol. The molecule has 1 fully saturated rings. The molecule has 0 heterocycles. The molecule has 1 atom stereocenters. The Hall–Kier alpha value is -0.0800. The zero-order valence-corrected chi connectivity index (χ0v) is 9.28. The van der Waals surface area contributed by atoms with E-state index in [0.29, 0.717) is 18.4 Å². The Balaban J connectivity index is 2.21. The standard InChI is InChI=1S/C12H24O2/c1-2-3-12(14)11-6-4-10(5-7-11)8-9-13/h10-14H,2-9H2,1H3. The molecule has 2 nitrogen and oxygen atoms in total. The van der Waals surface area contributed by atoms with Gasteiger partial charge in [0.25, 0.3) is 0 Å². The third-order valence-electron chi connectivity index (χ3n) is 3.56. The molecule has 0 aromatic heterocycles. The second-order valence-electron chi connectivity index (χ2n) is 4.65. The predicted octanol–water partition coefficient (Wildman–Crippen LogP) is 2.34. The average Bonchev–Trinajstić information content (AvgIpc) is 2.20. The number of aliphatic hydroxyl groups excluding tert-OH is 2. The van der Waals surface area contributed by atoms with Crippen molar-refractivity contribution in [2.45, 2.75) is 58.0 Å². The lowest BCUT2D eigenvalue weighted by molar-refractivity contribution is 0.0628. The second kappa shape index (κ2) is 6.41. The average molecular weight is 200 g/mol. The summed E-state index contributed by atoms with van der Waals surface area (Å²) in [7, 11) is 0. The van der Waals surface area contributed by atoms with Crippen LogP contribution in [0.1, 0.15) is 51.9 Å². The van der Waals surface area contributed by atoms with Crippen molar-refractivity contribution in [3.05, 3.63) is 0 Å². The van der Waals surface area contributed by atoms with E-state index in [4.69, 9.17) is 5.11 Å². The van der Waals surface area contributed by atoms with Gasteiger partial charge in [-0.25, -0.2) is 0 Å². The van der Waals surface area contributed by atoms with Gasteiger partial charge in [-0.1, -0.05) is 26.2 Å². The summed E-state index contributed by atoms with van der Waals surface area (Å²) in [4.78, 5) is 0. The highest BCUT2D eigenvalue weighted by Gasteiger charge is 2.25. The third-order valence-corrected chi connectivity index (χ3v) is 3.56. The summed E-state index contributed by atoms with van der Waals surface area (Å²) >= 11 is 0. The molecule has 1 rings (SSSR count). The van der Waals surface area contributed by atoms with Gasteiger partial charge < -0.3 is 10.2 Å². The minimum Gasteiger partial charge on any atom is -0.396 e. The topological polar surface area (TPSA) is 40.5 Å². The van der Waals surface area contributed by atoms with Gasteiger partial charge in [0.15, 0.2) is 0 Å². The molecule has 2 heteroatoms. The maximum atomic E-state index is 9.84. The molecular formula is C12H24O2. The summed E-state index contributed by atoms with van der Waals surface area (Å²) in [5.41, 5.74) is 0. The summed E-state index contributed by atoms with van der Waals surface area (Å²) in [5, 5.41) is 18.7. The zero-order chi connectivity index (χ0) is 10.4. The lowest BCUT2D eigenvalue weighted by Crippen LogP contribution is -2.25. The molecule has 0 aromatic rings. The molecule has 2 N–H and O–H groups in total. The minimum atomic E-state index is -0.0740. The summed E-state index contributed by atoms with van der Waals surface area (Å²) in [5.74, 6) is 1.25. The fourth-order valence-corrected chi connectivity index (χ4v) is 2.58. The van der Waals surface area contributed by atoms with Crippen molar-refractivity contribution in [1.82, 2.24) is 0 Å². The Kier molecular flexibility index (Phi) is 5.49. The Labute approximate surface area is 87.3 Å². The molecule has 0 saturated heterocycles. The maximum Gasteiger partial charge on any atom is 0.0568 e. The maximum absolute atomic E-state index is 9.84. The van der Waals surface area contributed by atoms with Crippen LogP contribution in [0.3, 0.4) is 0 Å². The first kappa shape index (κ1) is 12.0. The van der Waals surface area contributed by atoms with Crippen LogP contribution in [-0.2, 0) is 0 Å². The molecule has 84 valence electrons. The van der Waals surface area contributed by atoms with E-state index in [1.807, 2.05) is 0 Å². The third kappa shape index (κ3) is 3.58. The molecule has 0 bridgehead atoms. The first-order valence-electron chi connectivity index (χ1n) is 6.06. The number of rotatable bonds is 5. The molecule has 0 aromatic carbocycles. The summed E-state index contributed by atoms with van der Waals surface area (Å²) in [6.07, 6.45) is 7.63. The van der Waals surface area contributed by atoms with Gasteiger partial charge in [0.05, 0.1) is 6.10 Å². The molecule has 1 aliphatic rings. The molecule has 0 aliphatic heterocycles. The molecule has 1 unspecified atom stereocenters. The van der Waals surface area contributed by atoms with Crippen LogP contribution in [0.15, 0.2) is 0 Å². The SMILES string of the molecule is CCCC(O)C1CCC(CCO)CC1. The van der Waals surface area contributed by atoms with Crippen LogP contribution in [0.4, 0.5) is 0 Å². The quantitative estimate of drug-likeness (QED) is 0.715. The first-order valence-corrected chi connectivity index (χ1v) is 6.06. The summed E-state index contributed by atoms with van der Waals surface area (Å²) in [6, 6.07) is 0. The molecule has 0 radical (unpaired) electrons. The van der Waals surface area contributed by atoms with Crippen molar-refractivity contribution < 1.29 is 10.2 Å². The van der Waals surface area contributed by atoms with Crippen LogP contribution in [0.5, 0.6) is 0 Å².